The van der Waals surface area contributed by atoms with Gasteiger partial charge in [0.25, 0.3) is 0 Å². The maximum absolute atomic E-state index is 10.9. The van der Waals surface area contributed by atoms with Crippen LogP contribution in [0.4, 0.5) is 0 Å². The number of hydrogen-bond donors (Lipinski definition) is 4. The molecule has 1 rings (SSSR count). The number of rotatable bonds is 3. The third kappa shape index (κ3) is 9.74. The number of phenolic OH excluding ortho intramolecular Hbond substituents is 1. The van der Waals surface area contributed by atoms with Crippen molar-refractivity contribution in [3.05, 3.63) is 28.8 Å². The Morgan fingerprint density at radius 1 is 1.00 bits per heavy atom. The van der Waals surface area contributed by atoms with Crippen LogP contribution in [0.2, 0.25) is 0 Å². The fourth-order valence-electron chi connectivity index (χ4n) is 2.08. The first-order chi connectivity index (χ1) is 10.6. The van der Waals surface area contributed by atoms with Gasteiger partial charge in [0, 0.05) is 23.1 Å². The molecule has 8 heteroatoms. The van der Waals surface area contributed by atoms with Gasteiger partial charge in [-0.15, -0.1) is 0 Å². The minimum atomic E-state index is -4.52. The summed E-state index contributed by atoms with van der Waals surface area (Å²) in [4.78, 5) is 17.7. The zero-order valence-electron chi connectivity index (χ0n) is 15.9. The number of benzene rings is 1. The SMILES string of the molecule is CC(C)(C)c1cc(COP(=O)(O)O)cc(C(C)(C)C)c1O.CCO.[Ni]. The number of hydrogen-bond acceptors (Lipinski definition) is 4. The summed E-state index contributed by atoms with van der Waals surface area (Å²) in [6.07, 6.45) is 0. The molecule has 0 saturated carbocycles. The molecule has 0 radical (unpaired) electrons. The normalized spacial score (nSPS) is 12.1. The van der Waals surface area contributed by atoms with E-state index in [0.29, 0.717) is 5.56 Å². The summed E-state index contributed by atoms with van der Waals surface area (Å²) in [6, 6.07) is 3.47. The molecule has 0 aliphatic heterocycles. The minimum absolute atomic E-state index is 0. The summed E-state index contributed by atoms with van der Waals surface area (Å²) < 4.78 is 15.4. The van der Waals surface area contributed by atoms with Crippen molar-refractivity contribution in [2.45, 2.75) is 65.9 Å². The van der Waals surface area contributed by atoms with Crippen molar-refractivity contribution in [2.24, 2.45) is 0 Å². The van der Waals surface area contributed by atoms with Crippen LogP contribution in [0.15, 0.2) is 12.1 Å². The van der Waals surface area contributed by atoms with Crippen LogP contribution in [0.1, 0.15) is 65.2 Å². The topological polar surface area (TPSA) is 107 Å². The van der Waals surface area contributed by atoms with E-state index in [-0.39, 0.29) is 46.3 Å². The molecule has 0 saturated heterocycles. The summed E-state index contributed by atoms with van der Waals surface area (Å²) >= 11 is 0. The standard InChI is InChI=1S/C15H25O5P.C2H6O.Ni/c1-14(2,3)11-7-10(9-20-21(17,18)19)8-12(13(11)16)15(4,5)6;1-2-3;/h7-8,16H,9H2,1-6H3,(H2,17,18,19);3H,2H2,1H3;. The van der Waals surface area contributed by atoms with Gasteiger partial charge in [0.1, 0.15) is 5.75 Å². The molecule has 0 fully saturated rings. The van der Waals surface area contributed by atoms with Gasteiger partial charge in [-0.2, -0.15) is 0 Å². The third-order valence-electron chi connectivity index (χ3n) is 3.19. The van der Waals surface area contributed by atoms with Crippen LogP contribution in [-0.2, 0) is 43.0 Å². The first kappa shape index (κ1) is 26.8. The molecule has 0 heterocycles. The van der Waals surface area contributed by atoms with Crippen molar-refractivity contribution in [3.8, 4) is 5.75 Å². The van der Waals surface area contributed by atoms with Crippen LogP contribution in [0, 0.1) is 0 Å². The maximum Gasteiger partial charge on any atom is 0.469 e. The number of phosphoric ester groups is 1. The van der Waals surface area contributed by atoms with Gasteiger partial charge >= 0.3 is 7.82 Å². The van der Waals surface area contributed by atoms with Crippen LogP contribution >= 0.6 is 7.82 Å². The van der Waals surface area contributed by atoms with Crippen molar-refractivity contribution < 1.29 is 45.6 Å². The molecule has 6 nitrogen and oxygen atoms in total. The predicted octanol–water partition coefficient (Wildman–Crippen LogP) is 3.59. The second-order valence-electron chi connectivity index (χ2n) is 7.62. The van der Waals surface area contributed by atoms with Crippen LogP contribution in [0.3, 0.4) is 0 Å². The van der Waals surface area contributed by atoms with Crippen molar-refractivity contribution in [2.75, 3.05) is 6.61 Å². The number of phosphoric acid groups is 1. The Kier molecular flexibility index (Phi) is 10.8. The van der Waals surface area contributed by atoms with Crippen molar-refractivity contribution in [3.63, 3.8) is 0 Å². The molecule has 0 bridgehead atoms. The van der Waals surface area contributed by atoms with E-state index in [1.165, 1.54) is 0 Å². The Bertz CT molecular complexity index is 549. The van der Waals surface area contributed by atoms with E-state index in [0.717, 1.165) is 11.1 Å². The Balaban J connectivity index is 0. The van der Waals surface area contributed by atoms with E-state index in [2.05, 4.69) is 4.52 Å². The molecular formula is C17H31NiO6P. The first-order valence-corrected chi connectivity index (χ1v) is 9.34. The van der Waals surface area contributed by atoms with Crippen LogP contribution in [-0.4, -0.2) is 26.6 Å². The van der Waals surface area contributed by atoms with E-state index in [9.17, 15) is 9.67 Å². The molecule has 0 atom stereocenters. The van der Waals surface area contributed by atoms with Gasteiger partial charge in [0.15, 0.2) is 0 Å². The van der Waals surface area contributed by atoms with Crippen molar-refractivity contribution in [1.29, 1.82) is 0 Å². The van der Waals surface area contributed by atoms with E-state index in [1.54, 1.807) is 19.1 Å². The van der Waals surface area contributed by atoms with Gasteiger partial charge in [0.2, 0.25) is 0 Å². The molecule has 0 aromatic heterocycles. The average Bonchev–Trinajstić information content (AvgIpc) is 2.34. The second-order valence-corrected chi connectivity index (χ2v) is 8.86. The Morgan fingerprint density at radius 3 is 1.56 bits per heavy atom. The molecule has 0 amide bonds. The van der Waals surface area contributed by atoms with Crippen LogP contribution < -0.4 is 0 Å². The summed E-state index contributed by atoms with van der Waals surface area (Å²) in [5.74, 6) is 0.231. The number of phenols is 1. The zero-order chi connectivity index (χ0) is 19.3. The summed E-state index contributed by atoms with van der Waals surface area (Å²) in [5, 5.41) is 18.1. The molecule has 1 aromatic carbocycles. The molecular weight excluding hydrogens is 390 g/mol. The number of aromatic hydroxyl groups is 1. The molecule has 0 spiro atoms. The summed E-state index contributed by atoms with van der Waals surface area (Å²) in [6.45, 7) is 13.6. The Labute approximate surface area is 160 Å². The maximum atomic E-state index is 10.9. The second kappa shape index (κ2) is 10.1. The Morgan fingerprint density at radius 2 is 1.32 bits per heavy atom. The predicted molar refractivity (Wildman–Crippen MR) is 95.1 cm³/mol. The molecule has 4 N–H and O–H groups in total. The van der Waals surface area contributed by atoms with Crippen molar-refractivity contribution in [1.82, 2.24) is 0 Å². The molecule has 150 valence electrons. The molecule has 1 aromatic rings. The van der Waals surface area contributed by atoms with E-state index >= 15 is 0 Å². The third-order valence-corrected chi connectivity index (χ3v) is 3.65. The number of aliphatic hydroxyl groups excluding tert-OH is 1. The fraction of sp³-hybridized carbons (Fsp3) is 0.647. The smallest absolute Gasteiger partial charge is 0.469 e. The summed E-state index contributed by atoms with van der Waals surface area (Å²) in [7, 11) is -4.52. The minimum Gasteiger partial charge on any atom is -0.507 e. The zero-order valence-corrected chi connectivity index (χ0v) is 17.8. The van der Waals surface area contributed by atoms with Gasteiger partial charge in [-0.1, -0.05) is 41.5 Å². The molecule has 0 unspecified atom stereocenters. The van der Waals surface area contributed by atoms with E-state index in [1.807, 2.05) is 41.5 Å². The average molecular weight is 421 g/mol. The Hall–Kier alpha value is -0.416. The number of aliphatic hydroxyl groups is 1. The van der Waals surface area contributed by atoms with Crippen molar-refractivity contribution >= 4 is 7.82 Å². The molecule has 25 heavy (non-hydrogen) atoms. The molecule has 0 aliphatic rings. The molecule has 0 aliphatic carbocycles. The first-order valence-electron chi connectivity index (χ1n) is 7.81. The summed E-state index contributed by atoms with van der Waals surface area (Å²) in [5.41, 5.74) is 1.52. The van der Waals surface area contributed by atoms with E-state index in [4.69, 9.17) is 14.9 Å². The quantitative estimate of drug-likeness (QED) is 0.439. The van der Waals surface area contributed by atoms with Gasteiger partial charge < -0.3 is 20.0 Å². The monoisotopic (exact) mass is 420 g/mol. The fourth-order valence-corrected chi connectivity index (χ4v) is 2.40. The van der Waals surface area contributed by atoms with E-state index < -0.39 is 7.82 Å². The van der Waals surface area contributed by atoms with Gasteiger partial charge in [-0.25, -0.2) is 4.57 Å². The van der Waals surface area contributed by atoms with Crippen LogP contribution in [0.5, 0.6) is 5.75 Å². The largest absolute Gasteiger partial charge is 0.507 e. The van der Waals surface area contributed by atoms with Gasteiger partial charge in [-0.3, -0.25) is 4.52 Å². The van der Waals surface area contributed by atoms with Gasteiger partial charge in [-0.05, 0) is 46.6 Å². The van der Waals surface area contributed by atoms with Gasteiger partial charge in [0.05, 0.1) is 6.61 Å². The van der Waals surface area contributed by atoms with Crippen LogP contribution in [0.25, 0.3) is 0 Å².